The van der Waals surface area contributed by atoms with Gasteiger partial charge in [-0.3, -0.25) is 9.78 Å². The molecule has 2 rings (SSSR count). The lowest BCUT2D eigenvalue weighted by molar-refractivity contribution is 0.0992. The molecule has 1 heterocycles. The number of pyridine rings is 1. The zero-order valence-corrected chi connectivity index (χ0v) is 9.52. The number of ketones is 1. The summed E-state index contributed by atoms with van der Waals surface area (Å²) in [7, 11) is 0. The van der Waals surface area contributed by atoms with E-state index < -0.39 is 0 Å². The van der Waals surface area contributed by atoms with Crippen molar-refractivity contribution in [1.29, 1.82) is 0 Å². The summed E-state index contributed by atoms with van der Waals surface area (Å²) in [5, 5.41) is 3.97. The molecule has 1 aromatic carbocycles. The van der Waals surface area contributed by atoms with E-state index in [4.69, 9.17) is 0 Å². The van der Waals surface area contributed by atoms with Crippen molar-refractivity contribution >= 4 is 16.7 Å². The second-order valence-corrected chi connectivity index (χ2v) is 3.76. The van der Waals surface area contributed by atoms with Crippen molar-refractivity contribution in [3.63, 3.8) is 0 Å². The number of nitrogens with zero attached hydrogens (tertiary/aromatic N) is 1. The Morgan fingerprint density at radius 3 is 3.06 bits per heavy atom. The number of benzene rings is 1. The molecule has 2 aromatic rings. The van der Waals surface area contributed by atoms with Crippen LogP contribution < -0.4 is 5.32 Å². The quantitative estimate of drug-likeness (QED) is 0.483. The SMILES string of the molecule is C=CCNCC(=O)c1cnc2ccccc2c1. The van der Waals surface area contributed by atoms with E-state index >= 15 is 0 Å². The molecular weight excluding hydrogens is 212 g/mol. The summed E-state index contributed by atoms with van der Waals surface area (Å²) >= 11 is 0. The van der Waals surface area contributed by atoms with Crippen molar-refractivity contribution in [2.24, 2.45) is 0 Å². The number of aromatic nitrogens is 1. The molecule has 0 unspecified atom stereocenters. The highest BCUT2D eigenvalue weighted by Gasteiger charge is 2.06. The summed E-state index contributed by atoms with van der Waals surface area (Å²) in [4.78, 5) is 16.1. The number of fused-ring (bicyclic) bond motifs is 1. The maximum absolute atomic E-state index is 11.8. The number of para-hydroxylation sites is 1. The molecule has 0 radical (unpaired) electrons. The van der Waals surface area contributed by atoms with Gasteiger partial charge in [0, 0.05) is 23.7 Å². The molecule has 0 saturated heterocycles. The first-order chi connectivity index (χ1) is 8.31. The zero-order chi connectivity index (χ0) is 12.1. The molecule has 0 aliphatic carbocycles. The number of carbonyl (C=O) groups excluding carboxylic acids is 1. The van der Waals surface area contributed by atoms with Crippen LogP contribution in [0.3, 0.4) is 0 Å². The van der Waals surface area contributed by atoms with Gasteiger partial charge in [-0.1, -0.05) is 24.3 Å². The minimum Gasteiger partial charge on any atom is -0.306 e. The average molecular weight is 226 g/mol. The van der Waals surface area contributed by atoms with Gasteiger partial charge >= 0.3 is 0 Å². The van der Waals surface area contributed by atoms with Gasteiger partial charge in [0.05, 0.1) is 12.1 Å². The van der Waals surface area contributed by atoms with E-state index in [0.717, 1.165) is 10.9 Å². The van der Waals surface area contributed by atoms with E-state index in [2.05, 4.69) is 16.9 Å². The van der Waals surface area contributed by atoms with Gasteiger partial charge in [0.25, 0.3) is 0 Å². The lowest BCUT2D eigenvalue weighted by Crippen LogP contribution is -2.23. The van der Waals surface area contributed by atoms with Crippen LogP contribution in [-0.4, -0.2) is 23.9 Å². The number of nitrogens with one attached hydrogen (secondary N) is 1. The Hall–Kier alpha value is -2.00. The standard InChI is InChI=1S/C14H14N2O/c1-2-7-15-10-14(17)12-8-11-5-3-4-6-13(11)16-9-12/h2-6,8-9,15H,1,7,10H2. The fourth-order valence-corrected chi connectivity index (χ4v) is 1.61. The Kier molecular flexibility index (Phi) is 3.62. The van der Waals surface area contributed by atoms with E-state index in [0.29, 0.717) is 18.7 Å². The first-order valence-electron chi connectivity index (χ1n) is 5.51. The highest BCUT2D eigenvalue weighted by molar-refractivity contribution is 6.00. The van der Waals surface area contributed by atoms with Gasteiger partial charge in [0.1, 0.15) is 0 Å². The largest absolute Gasteiger partial charge is 0.306 e. The predicted octanol–water partition coefficient (Wildman–Crippen LogP) is 2.19. The Balaban J connectivity index is 2.18. The van der Waals surface area contributed by atoms with Crippen molar-refractivity contribution < 1.29 is 4.79 Å². The molecule has 3 heteroatoms. The first kappa shape index (κ1) is 11.5. The van der Waals surface area contributed by atoms with Crippen LogP contribution in [0.5, 0.6) is 0 Å². The molecule has 0 amide bonds. The molecule has 0 bridgehead atoms. The molecular formula is C14H14N2O. The Morgan fingerprint density at radius 2 is 2.24 bits per heavy atom. The highest BCUT2D eigenvalue weighted by atomic mass is 16.1. The van der Waals surface area contributed by atoms with Gasteiger partial charge in [-0.2, -0.15) is 0 Å². The van der Waals surface area contributed by atoms with Crippen LogP contribution in [0.15, 0.2) is 49.2 Å². The molecule has 86 valence electrons. The molecule has 1 N–H and O–H groups in total. The van der Waals surface area contributed by atoms with Gasteiger partial charge in [-0.05, 0) is 12.1 Å². The monoisotopic (exact) mass is 226 g/mol. The van der Waals surface area contributed by atoms with Crippen molar-refractivity contribution in [1.82, 2.24) is 10.3 Å². The number of Topliss-reactive ketones (excluding diaryl/α,β-unsaturated/α-hetero) is 1. The van der Waals surface area contributed by atoms with Gasteiger partial charge in [-0.15, -0.1) is 6.58 Å². The Morgan fingerprint density at radius 1 is 1.41 bits per heavy atom. The maximum Gasteiger partial charge on any atom is 0.178 e. The molecule has 0 aliphatic heterocycles. The summed E-state index contributed by atoms with van der Waals surface area (Å²) in [5.41, 5.74) is 1.54. The molecule has 0 fully saturated rings. The molecule has 0 aliphatic rings. The molecule has 0 saturated carbocycles. The van der Waals surface area contributed by atoms with Crippen LogP contribution in [0.2, 0.25) is 0 Å². The lowest BCUT2D eigenvalue weighted by atomic mass is 10.1. The van der Waals surface area contributed by atoms with E-state index in [1.807, 2.05) is 30.3 Å². The highest BCUT2D eigenvalue weighted by Crippen LogP contribution is 2.12. The average Bonchev–Trinajstić information content (AvgIpc) is 2.38. The van der Waals surface area contributed by atoms with Crippen LogP contribution in [0.4, 0.5) is 0 Å². The van der Waals surface area contributed by atoms with Crippen molar-refractivity contribution in [3.8, 4) is 0 Å². The van der Waals surface area contributed by atoms with Crippen molar-refractivity contribution in [2.45, 2.75) is 0 Å². The summed E-state index contributed by atoms with van der Waals surface area (Å²) in [6, 6.07) is 9.63. The fourth-order valence-electron chi connectivity index (χ4n) is 1.61. The normalized spacial score (nSPS) is 10.4. The Bertz CT molecular complexity index is 549. The second-order valence-electron chi connectivity index (χ2n) is 3.76. The summed E-state index contributed by atoms with van der Waals surface area (Å²) in [5.74, 6) is 0.0464. The third-order valence-corrected chi connectivity index (χ3v) is 2.49. The second kappa shape index (κ2) is 5.37. The van der Waals surface area contributed by atoms with Crippen LogP contribution >= 0.6 is 0 Å². The van der Waals surface area contributed by atoms with Gasteiger partial charge in [0.15, 0.2) is 5.78 Å². The smallest absolute Gasteiger partial charge is 0.178 e. The topological polar surface area (TPSA) is 42.0 Å². The summed E-state index contributed by atoms with van der Waals surface area (Å²) in [6.07, 6.45) is 3.35. The molecule has 3 nitrogen and oxygen atoms in total. The van der Waals surface area contributed by atoms with Crippen LogP contribution in [0.1, 0.15) is 10.4 Å². The van der Waals surface area contributed by atoms with E-state index in [1.165, 1.54) is 0 Å². The molecule has 0 atom stereocenters. The van der Waals surface area contributed by atoms with E-state index in [-0.39, 0.29) is 5.78 Å². The fraction of sp³-hybridized carbons (Fsp3) is 0.143. The maximum atomic E-state index is 11.8. The number of rotatable bonds is 5. The van der Waals surface area contributed by atoms with Crippen LogP contribution in [0, 0.1) is 0 Å². The minimum atomic E-state index is 0.0464. The van der Waals surface area contributed by atoms with Crippen molar-refractivity contribution in [2.75, 3.05) is 13.1 Å². The summed E-state index contributed by atoms with van der Waals surface area (Å²) in [6.45, 7) is 4.53. The first-order valence-corrected chi connectivity index (χ1v) is 5.51. The minimum absolute atomic E-state index is 0.0464. The van der Waals surface area contributed by atoms with Crippen molar-refractivity contribution in [3.05, 3.63) is 54.7 Å². The van der Waals surface area contributed by atoms with Crippen LogP contribution in [0.25, 0.3) is 10.9 Å². The van der Waals surface area contributed by atoms with E-state index in [9.17, 15) is 4.79 Å². The molecule has 1 aromatic heterocycles. The van der Waals surface area contributed by atoms with E-state index in [1.54, 1.807) is 12.3 Å². The van der Waals surface area contributed by atoms with Gasteiger partial charge < -0.3 is 5.32 Å². The van der Waals surface area contributed by atoms with Gasteiger partial charge in [0.2, 0.25) is 0 Å². The number of hydrogen-bond donors (Lipinski definition) is 1. The molecule has 0 spiro atoms. The summed E-state index contributed by atoms with van der Waals surface area (Å²) < 4.78 is 0. The zero-order valence-electron chi connectivity index (χ0n) is 9.52. The number of carbonyl (C=O) groups is 1. The third kappa shape index (κ3) is 2.77. The predicted molar refractivity (Wildman–Crippen MR) is 69.1 cm³/mol. The third-order valence-electron chi connectivity index (χ3n) is 2.49. The number of hydrogen-bond acceptors (Lipinski definition) is 3. The molecule has 17 heavy (non-hydrogen) atoms. The lowest BCUT2D eigenvalue weighted by Gasteiger charge is -2.03. The van der Waals surface area contributed by atoms with Crippen LogP contribution in [-0.2, 0) is 0 Å². The van der Waals surface area contributed by atoms with Gasteiger partial charge in [-0.25, -0.2) is 0 Å². The Labute approximate surface area is 100 Å².